The monoisotopic (exact) mass is 404 g/mol. The fourth-order valence-corrected chi connectivity index (χ4v) is 3.98. The van der Waals surface area contributed by atoms with Crippen molar-refractivity contribution in [3.63, 3.8) is 0 Å². The summed E-state index contributed by atoms with van der Waals surface area (Å²) in [6.07, 6.45) is -11.4. The highest BCUT2D eigenvalue weighted by molar-refractivity contribution is 7.80. The zero-order valence-electron chi connectivity index (χ0n) is 14.2. The third-order valence-corrected chi connectivity index (χ3v) is 5.28. The van der Waals surface area contributed by atoms with Crippen LogP contribution in [0.5, 0.6) is 0 Å². The highest BCUT2D eigenvalue weighted by Crippen LogP contribution is 2.38. The zero-order chi connectivity index (χ0) is 20.2. The lowest BCUT2D eigenvalue weighted by atomic mass is 9.84. The van der Waals surface area contributed by atoms with E-state index in [1.165, 1.54) is 6.92 Å². The van der Waals surface area contributed by atoms with Gasteiger partial charge in [-0.25, -0.2) is 4.18 Å². The second-order valence-electron chi connectivity index (χ2n) is 6.64. The van der Waals surface area contributed by atoms with Crippen LogP contribution in [0.1, 0.15) is 26.2 Å². The molecule has 1 rings (SSSR count). The Morgan fingerprint density at radius 3 is 2.15 bits per heavy atom. The van der Waals surface area contributed by atoms with Crippen LogP contribution in [0.3, 0.4) is 0 Å². The average Bonchev–Trinajstić information content (AvgIpc) is 2.83. The molecular weight excluding hydrogens is 376 g/mol. The van der Waals surface area contributed by atoms with E-state index in [2.05, 4.69) is 4.18 Å². The van der Waals surface area contributed by atoms with Gasteiger partial charge in [-0.3, -0.25) is 4.55 Å². The van der Waals surface area contributed by atoms with Crippen molar-refractivity contribution in [2.75, 3.05) is 6.61 Å². The van der Waals surface area contributed by atoms with Gasteiger partial charge in [-0.1, -0.05) is 6.92 Å². The summed E-state index contributed by atoms with van der Waals surface area (Å²) in [5.41, 5.74) is 0. The zero-order valence-corrected chi connectivity index (χ0v) is 15.1. The topological polar surface area (TPSA) is 205 Å². The third kappa shape index (κ3) is 6.05. The fourth-order valence-electron chi connectivity index (χ4n) is 3.45. The first kappa shape index (κ1) is 23.6. The third-order valence-electron chi connectivity index (χ3n) is 4.81. The van der Waals surface area contributed by atoms with E-state index in [4.69, 9.17) is 9.66 Å². The number of aliphatic hydroxyl groups excluding tert-OH is 7. The van der Waals surface area contributed by atoms with Crippen molar-refractivity contribution in [3.8, 4) is 0 Å². The van der Waals surface area contributed by atoms with Gasteiger partial charge in [0.2, 0.25) is 0 Å². The molecule has 1 saturated carbocycles. The molecule has 1 aliphatic carbocycles. The maximum atomic E-state index is 11.0. The van der Waals surface area contributed by atoms with Crippen molar-refractivity contribution in [2.24, 2.45) is 11.8 Å². The SMILES string of the molecule is CC[C@@H](O)[C@@H](O)[C@H](OS(=O)(=O)O)[C@@H](O)CC1C[C@@H](O)[C@@H](O)[C@@H]1[C@@H](O)CO. The van der Waals surface area contributed by atoms with Crippen LogP contribution < -0.4 is 0 Å². The van der Waals surface area contributed by atoms with E-state index in [1.807, 2.05) is 0 Å². The highest BCUT2D eigenvalue weighted by Gasteiger charge is 2.47. The van der Waals surface area contributed by atoms with Crippen molar-refractivity contribution < 1.29 is 52.9 Å². The summed E-state index contributed by atoms with van der Waals surface area (Å²) < 4.78 is 35.2. The van der Waals surface area contributed by atoms with Gasteiger partial charge in [0.25, 0.3) is 0 Å². The summed E-state index contributed by atoms with van der Waals surface area (Å²) in [5.74, 6) is -1.76. The Labute approximate surface area is 151 Å². The molecule has 0 aliphatic heterocycles. The minimum atomic E-state index is -5.06. The van der Waals surface area contributed by atoms with Crippen LogP contribution in [0.15, 0.2) is 0 Å². The molecule has 26 heavy (non-hydrogen) atoms. The molecule has 1 unspecified atom stereocenters. The Morgan fingerprint density at radius 2 is 1.69 bits per heavy atom. The minimum Gasteiger partial charge on any atom is -0.394 e. The van der Waals surface area contributed by atoms with Gasteiger partial charge in [0.05, 0.1) is 37.1 Å². The molecule has 0 spiro atoms. The summed E-state index contributed by atoms with van der Waals surface area (Å²) in [7, 11) is -5.06. The normalized spacial score (nSPS) is 32.8. The van der Waals surface area contributed by atoms with Gasteiger partial charge in [-0.05, 0) is 25.2 Å². The predicted octanol–water partition coefficient (Wildman–Crippen LogP) is -3.23. The van der Waals surface area contributed by atoms with Gasteiger partial charge in [0, 0.05) is 5.92 Å². The van der Waals surface area contributed by atoms with Gasteiger partial charge in [0.1, 0.15) is 12.2 Å². The minimum absolute atomic E-state index is 0.00588. The van der Waals surface area contributed by atoms with Crippen molar-refractivity contribution in [3.05, 3.63) is 0 Å². The maximum absolute atomic E-state index is 11.0. The summed E-state index contributed by atoms with van der Waals surface area (Å²) >= 11 is 0. The Kier molecular flexibility index (Phi) is 8.80. The van der Waals surface area contributed by atoms with E-state index in [9.17, 15) is 39.1 Å². The highest BCUT2D eigenvalue weighted by atomic mass is 32.3. The first-order chi connectivity index (χ1) is 11.9. The van der Waals surface area contributed by atoms with Crippen LogP contribution in [0, 0.1) is 11.8 Å². The van der Waals surface area contributed by atoms with E-state index in [0.717, 1.165) is 0 Å². The molecule has 0 amide bonds. The quantitative estimate of drug-likeness (QED) is 0.170. The number of rotatable bonds is 10. The number of hydrogen-bond donors (Lipinski definition) is 8. The lowest BCUT2D eigenvalue weighted by molar-refractivity contribution is -0.104. The Morgan fingerprint density at radius 1 is 1.12 bits per heavy atom. The van der Waals surface area contributed by atoms with Crippen LogP contribution >= 0.6 is 0 Å². The number of hydrogen-bond acceptors (Lipinski definition) is 10. The molecule has 156 valence electrons. The molecule has 0 aromatic carbocycles. The Hall–Kier alpha value is -0.410. The molecule has 1 aliphatic rings. The van der Waals surface area contributed by atoms with Gasteiger partial charge in [-0.15, -0.1) is 0 Å². The van der Waals surface area contributed by atoms with Crippen LogP contribution in [0.2, 0.25) is 0 Å². The molecule has 12 heteroatoms. The van der Waals surface area contributed by atoms with E-state index < -0.39 is 71.6 Å². The lowest BCUT2D eigenvalue weighted by Crippen LogP contribution is -2.48. The van der Waals surface area contributed by atoms with Crippen molar-refractivity contribution >= 4 is 10.4 Å². The molecule has 1 fully saturated rings. The standard InChI is InChI=1S/C14H28O11S/c1-2-7(16)13(21)14(25-26(22,23)24)9(18)4-6-3-8(17)12(20)11(6)10(19)5-15/h6-21H,2-5H2,1H3,(H,22,23,24)/t6?,7-,8-,9+,10+,11+,12-,13-,14-/m1/s1. The number of aliphatic hydroxyl groups is 7. The second-order valence-corrected chi connectivity index (χ2v) is 7.69. The van der Waals surface area contributed by atoms with Crippen molar-refractivity contribution in [1.82, 2.24) is 0 Å². The molecule has 8 N–H and O–H groups in total. The molecule has 0 radical (unpaired) electrons. The molecule has 0 aromatic heterocycles. The van der Waals surface area contributed by atoms with Gasteiger partial charge in [-0.2, -0.15) is 8.42 Å². The summed E-state index contributed by atoms with van der Waals surface area (Å²) in [6.45, 7) is 0.783. The molecule has 9 atom stereocenters. The van der Waals surface area contributed by atoms with E-state index in [-0.39, 0.29) is 19.3 Å². The summed E-state index contributed by atoms with van der Waals surface area (Å²) in [5, 5.41) is 68.7. The first-order valence-electron chi connectivity index (χ1n) is 8.27. The van der Waals surface area contributed by atoms with E-state index >= 15 is 0 Å². The molecule has 11 nitrogen and oxygen atoms in total. The van der Waals surface area contributed by atoms with Crippen LogP contribution in [0.25, 0.3) is 0 Å². The molecule has 0 saturated heterocycles. The largest absolute Gasteiger partial charge is 0.397 e. The second kappa shape index (κ2) is 9.68. The molecular formula is C14H28O11S. The lowest BCUT2D eigenvalue weighted by Gasteiger charge is -2.32. The maximum Gasteiger partial charge on any atom is 0.397 e. The van der Waals surface area contributed by atoms with Crippen molar-refractivity contribution in [2.45, 2.75) is 68.9 Å². The predicted molar refractivity (Wildman–Crippen MR) is 86.1 cm³/mol. The Bertz CT molecular complexity index is 527. The van der Waals surface area contributed by atoms with Crippen LogP contribution in [-0.2, 0) is 14.6 Å². The summed E-state index contributed by atoms with van der Waals surface area (Å²) in [6, 6.07) is 0. The van der Waals surface area contributed by atoms with Crippen molar-refractivity contribution in [1.29, 1.82) is 0 Å². The van der Waals surface area contributed by atoms with Crippen LogP contribution in [-0.4, -0.2) is 98.1 Å². The van der Waals surface area contributed by atoms with Gasteiger partial charge in [0.15, 0.2) is 0 Å². The van der Waals surface area contributed by atoms with Gasteiger partial charge >= 0.3 is 10.4 Å². The first-order valence-corrected chi connectivity index (χ1v) is 9.64. The van der Waals surface area contributed by atoms with Gasteiger partial charge < -0.3 is 35.7 Å². The Balaban J connectivity index is 2.98. The molecule has 0 heterocycles. The average molecular weight is 404 g/mol. The summed E-state index contributed by atoms with van der Waals surface area (Å²) in [4.78, 5) is 0. The fraction of sp³-hybridized carbons (Fsp3) is 1.00. The van der Waals surface area contributed by atoms with E-state index in [1.54, 1.807) is 0 Å². The smallest absolute Gasteiger partial charge is 0.394 e. The van der Waals surface area contributed by atoms with E-state index in [0.29, 0.717) is 0 Å². The molecule has 0 aromatic rings. The van der Waals surface area contributed by atoms with Crippen LogP contribution in [0.4, 0.5) is 0 Å². The molecule has 0 bridgehead atoms.